The fourth-order valence-corrected chi connectivity index (χ4v) is 2.27. The first-order chi connectivity index (χ1) is 9.31. The summed E-state index contributed by atoms with van der Waals surface area (Å²) in [6.07, 6.45) is 0.549. The van der Waals surface area contributed by atoms with Crippen molar-refractivity contribution in [3.63, 3.8) is 0 Å². The summed E-state index contributed by atoms with van der Waals surface area (Å²) in [5.41, 5.74) is 1.57. The minimum Gasteiger partial charge on any atom is -0.481 e. The quantitative estimate of drug-likeness (QED) is 0.834. The third-order valence-electron chi connectivity index (χ3n) is 3.05. The van der Waals surface area contributed by atoms with E-state index in [9.17, 15) is 9.59 Å². The van der Waals surface area contributed by atoms with Crippen LogP contribution in [0.2, 0.25) is 0 Å². The Morgan fingerprint density at radius 2 is 2.00 bits per heavy atom. The molecule has 0 radical (unpaired) electrons. The first-order valence-corrected chi connectivity index (χ1v) is 7.37. The summed E-state index contributed by atoms with van der Waals surface area (Å²) in [7, 11) is 0. The van der Waals surface area contributed by atoms with Gasteiger partial charge in [0, 0.05) is 16.6 Å². The predicted octanol–water partition coefficient (Wildman–Crippen LogP) is 3.23. The zero-order chi connectivity index (χ0) is 15.3. The molecule has 1 rings (SSSR count). The lowest BCUT2D eigenvalue weighted by Crippen LogP contribution is -2.33. The van der Waals surface area contributed by atoms with Gasteiger partial charge in [-0.15, -0.1) is 0 Å². The molecule has 0 aromatic heterocycles. The summed E-state index contributed by atoms with van der Waals surface area (Å²) < 4.78 is 0.863. The van der Waals surface area contributed by atoms with Crippen molar-refractivity contribution in [1.29, 1.82) is 0 Å². The molecule has 5 heteroatoms. The number of hydrogen-bond donors (Lipinski definition) is 2. The molecule has 2 N–H and O–H groups in total. The minimum atomic E-state index is -0.871. The zero-order valence-corrected chi connectivity index (χ0v) is 13.5. The van der Waals surface area contributed by atoms with Crippen molar-refractivity contribution in [2.75, 3.05) is 6.54 Å². The first kappa shape index (κ1) is 16.7. The van der Waals surface area contributed by atoms with Crippen LogP contribution in [0.5, 0.6) is 0 Å². The van der Waals surface area contributed by atoms with E-state index in [1.54, 1.807) is 12.1 Å². The van der Waals surface area contributed by atoms with E-state index in [0.29, 0.717) is 12.0 Å². The van der Waals surface area contributed by atoms with Crippen molar-refractivity contribution in [1.82, 2.24) is 5.32 Å². The number of hydrogen-bond acceptors (Lipinski definition) is 2. The van der Waals surface area contributed by atoms with Gasteiger partial charge in [-0.05, 0) is 37.0 Å². The zero-order valence-electron chi connectivity index (χ0n) is 11.9. The van der Waals surface area contributed by atoms with Gasteiger partial charge in [-0.2, -0.15) is 0 Å². The number of carboxylic acids is 1. The lowest BCUT2D eigenvalue weighted by Gasteiger charge is -2.15. The highest BCUT2D eigenvalue weighted by molar-refractivity contribution is 9.10. The number of nitrogens with one attached hydrogen (secondary N) is 1. The second-order valence-electron chi connectivity index (χ2n) is 5.34. The molecule has 1 unspecified atom stereocenters. The average molecular weight is 342 g/mol. The SMILES string of the molecule is Cc1ccc(C(=O)NCC(CC(C)C)C(=O)O)cc1Br. The molecule has 0 saturated carbocycles. The Balaban J connectivity index is 2.65. The lowest BCUT2D eigenvalue weighted by molar-refractivity contribution is -0.142. The number of carbonyl (C=O) groups excluding carboxylic acids is 1. The van der Waals surface area contributed by atoms with Gasteiger partial charge in [0.15, 0.2) is 0 Å². The molecule has 20 heavy (non-hydrogen) atoms. The summed E-state index contributed by atoms with van der Waals surface area (Å²) in [5.74, 6) is -1.39. The molecule has 110 valence electrons. The van der Waals surface area contributed by atoms with Gasteiger partial charge in [-0.25, -0.2) is 0 Å². The molecule has 1 aromatic carbocycles. The highest BCUT2D eigenvalue weighted by Crippen LogP contribution is 2.17. The maximum absolute atomic E-state index is 12.0. The van der Waals surface area contributed by atoms with E-state index >= 15 is 0 Å². The van der Waals surface area contributed by atoms with Crippen LogP contribution in [0.4, 0.5) is 0 Å². The molecule has 0 fully saturated rings. The molecule has 0 spiro atoms. The summed E-state index contributed by atoms with van der Waals surface area (Å²) >= 11 is 3.38. The molecule has 4 nitrogen and oxygen atoms in total. The number of halogens is 1. The van der Waals surface area contributed by atoms with Gasteiger partial charge in [0.1, 0.15) is 0 Å². The summed E-state index contributed by atoms with van der Waals surface area (Å²) in [5, 5.41) is 11.8. The lowest BCUT2D eigenvalue weighted by atomic mass is 9.97. The fraction of sp³-hybridized carbons (Fsp3) is 0.467. The number of aryl methyl sites for hydroxylation is 1. The highest BCUT2D eigenvalue weighted by atomic mass is 79.9. The smallest absolute Gasteiger partial charge is 0.308 e. The number of benzene rings is 1. The van der Waals surface area contributed by atoms with Crippen LogP contribution < -0.4 is 5.32 Å². The molecule has 1 atom stereocenters. The van der Waals surface area contributed by atoms with Crippen molar-refractivity contribution in [3.8, 4) is 0 Å². The number of carboxylic acid groups (broad SMARTS) is 1. The summed E-state index contributed by atoms with van der Waals surface area (Å²) in [4.78, 5) is 23.1. The summed E-state index contributed by atoms with van der Waals surface area (Å²) in [6, 6.07) is 5.32. The Morgan fingerprint density at radius 1 is 1.35 bits per heavy atom. The third-order valence-corrected chi connectivity index (χ3v) is 3.90. The van der Waals surface area contributed by atoms with E-state index < -0.39 is 11.9 Å². The van der Waals surface area contributed by atoms with Crippen LogP contribution in [0.3, 0.4) is 0 Å². The van der Waals surface area contributed by atoms with Crippen molar-refractivity contribution < 1.29 is 14.7 Å². The Labute approximate surface area is 127 Å². The largest absolute Gasteiger partial charge is 0.481 e. The Kier molecular flexibility index (Phi) is 6.20. The average Bonchev–Trinajstić information content (AvgIpc) is 2.36. The van der Waals surface area contributed by atoms with Crippen LogP contribution >= 0.6 is 15.9 Å². The molecule has 1 amide bonds. The molecular weight excluding hydrogens is 322 g/mol. The molecule has 0 aliphatic rings. The van der Waals surface area contributed by atoms with E-state index in [4.69, 9.17) is 5.11 Å². The van der Waals surface area contributed by atoms with Crippen molar-refractivity contribution in [2.45, 2.75) is 27.2 Å². The van der Waals surface area contributed by atoms with Gasteiger partial charge in [-0.1, -0.05) is 35.8 Å². The topological polar surface area (TPSA) is 66.4 Å². The molecule has 1 aromatic rings. The van der Waals surface area contributed by atoms with Crippen LogP contribution in [0.25, 0.3) is 0 Å². The highest BCUT2D eigenvalue weighted by Gasteiger charge is 2.20. The first-order valence-electron chi connectivity index (χ1n) is 6.58. The van der Waals surface area contributed by atoms with Crippen LogP contribution in [-0.2, 0) is 4.79 Å². The second-order valence-corrected chi connectivity index (χ2v) is 6.19. The predicted molar refractivity (Wildman–Crippen MR) is 81.8 cm³/mol. The maximum atomic E-state index is 12.0. The maximum Gasteiger partial charge on any atom is 0.308 e. The van der Waals surface area contributed by atoms with Gasteiger partial charge in [0.2, 0.25) is 0 Å². The Bertz CT molecular complexity index is 500. The van der Waals surface area contributed by atoms with Crippen molar-refractivity contribution in [3.05, 3.63) is 33.8 Å². The van der Waals surface area contributed by atoms with E-state index in [1.807, 2.05) is 26.8 Å². The second kappa shape index (κ2) is 7.43. The standard InChI is InChI=1S/C15H20BrNO3/c1-9(2)6-12(15(19)20)8-17-14(18)11-5-4-10(3)13(16)7-11/h4-5,7,9,12H,6,8H2,1-3H3,(H,17,18)(H,19,20). The summed E-state index contributed by atoms with van der Waals surface area (Å²) in [6.45, 7) is 6.02. The molecular formula is C15H20BrNO3. The van der Waals surface area contributed by atoms with Crippen molar-refractivity contribution >= 4 is 27.8 Å². The Morgan fingerprint density at radius 3 is 2.50 bits per heavy atom. The molecule has 0 aliphatic carbocycles. The van der Waals surface area contributed by atoms with E-state index in [2.05, 4.69) is 21.2 Å². The number of aliphatic carboxylic acids is 1. The fourth-order valence-electron chi connectivity index (χ4n) is 1.89. The normalized spacial score (nSPS) is 12.2. The van der Waals surface area contributed by atoms with Gasteiger partial charge in [0.25, 0.3) is 5.91 Å². The Hall–Kier alpha value is -1.36. The van der Waals surface area contributed by atoms with Crippen molar-refractivity contribution in [2.24, 2.45) is 11.8 Å². The van der Waals surface area contributed by atoms with Crippen LogP contribution in [0.15, 0.2) is 22.7 Å². The number of rotatable bonds is 6. The van der Waals surface area contributed by atoms with E-state index in [-0.39, 0.29) is 18.4 Å². The van der Waals surface area contributed by atoms with Gasteiger partial charge in [0.05, 0.1) is 5.92 Å². The van der Waals surface area contributed by atoms with Crippen LogP contribution in [0.1, 0.15) is 36.2 Å². The van der Waals surface area contributed by atoms with E-state index in [0.717, 1.165) is 10.0 Å². The third kappa shape index (κ3) is 4.96. The molecule has 0 bridgehead atoms. The van der Waals surface area contributed by atoms with Crippen LogP contribution in [0, 0.1) is 18.8 Å². The minimum absolute atomic E-state index is 0.151. The van der Waals surface area contributed by atoms with Gasteiger partial charge < -0.3 is 10.4 Å². The monoisotopic (exact) mass is 341 g/mol. The number of carbonyl (C=O) groups is 2. The molecule has 0 saturated heterocycles. The molecule has 0 heterocycles. The number of amides is 1. The van der Waals surface area contributed by atoms with E-state index in [1.165, 1.54) is 0 Å². The van der Waals surface area contributed by atoms with Gasteiger partial charge >= 0.3 is 5.97 Å². The van der Waals surface area contributed by atoms with Crippen LogP contribution in [-0.4, -0.2) is 23.5 Å². The molecule has 0 aliphatic heterocycles. The van der Waals surface area contributed by atoms with Gasteiger partial charge in [-0.3, -0.25) is 9.59 Å².